The summed E-state index contributed by atoms with van der Waals surface area (Å²) in [6.45, 7) is 15.6. The second kappa shape index (κ2) is 20.3. The molecule has 1 rings (SSSR count). The van der Waals surface area contributed by atoms with Gasteiger partial charge in [0.15, 0.2) is 0 Å². The van der Waals surface area contributed by atoms with E-state index in [-0.39, 0.29) is 25.1 Å². The highest BCUT2D eigenvalue weighted by Crippen LogP contribution is 2.12. The highest BCUT2D eigenvalue weighted by Gasteiger charge is 2.16. The van der Waals surface area contributed by atoms with Crippen LogP contribution in [0.1, 0.15) is 52.4 Å². The highest BCUT2D eigenvalue weighted by molar-refractivity contribution is 5.81. The summed E-state index contributed by atoms with van der Waals surface area (Å²) in [6, 6.07) is 0. The number of esters is 2. The van der Waals surface area contributed by atoms with E-state index in [0.29, 0.717) is 18.9 Å². The first kappa shape index (κ1) is 28.8. The van der Waals surface area contributed by atoms with Crippen molar-refractivity contribution in [1.29, 1.82) is 0 Å². The Balaban J connectivity index is 0. The van der Waals surface area contributed by atoms with Crippen molar-refractivity contribution in [3.05, 3.63) is 38.1 Å². The Labute approximate surface area is 175 Å². The lowest BCUT2D eigenvalue weighted by Gasteiger charge is -2.13. The minimum atomic E-state index is -0.501. The molecule has 0 saturated carbocycles. The Kier molecular flexibility index (Phi) is 20.2. The van der Waals surface area contributed by atoms with Crippen LogP contribution in [0.3, 0.4) is 0 Å². The summed E-state index contributed by atoms with van der Waals surface area (Å²) in [6.07, 6.45) is 10.2. The third kappa shape index (κ3) is 17.4. The number of amides is 1. The van der Waals surface area contributed by atoms with Crippen molar-refractivity contribution in [2.75, 3.05) is 26.4 Å². The fourth-order valence-corrected chi connectivity index (χ4v) is 2.22. The molecule has 7 heteroatoms. The summed E-state index contributed by atoms with van der Waals surface area (Å²) in [4.78, 5) is 33.2. The molecule has 0 spiro atoms. The van der Waals surface area contributed by atoms with Gasteiger partial charge in [-0.3, -0.25) is 4.79 Å². The molecule has 1 aliphatic heterocycles. The molecule has 7 nitrogen and oxygen atoms in total. The smallest absolute Gasteiger partial charge is 0.330 e. The predicted octanol–water partition coefficient (Wildman–Crippen LogP) is 3.39. The number of aliphatic hydroxyl groups is 1. The molecule has 29 heavy (non-hydrogen) atoms. The second-order valence-electron chi connectivity index (χ2n) is 6.22. The van der Waals surface area contributed by atoms with Crippen molar-refractivity contribution in [3.63, 3.8) is 0 Å². The van der Waals surface area contributed by atoms with Crippen molar-refractivity contribution in [2.45, 2.75) is 52.4 Å². The van der Waals surface area contributed by atoms with Crippen LogP contribution in [0, 0.1) is 5.92 Å². The van der Waals surface area contributed by atoms with Gasteiger partial charge in [0.1, 0.15) is 6.61 Å². The molecular weight excluding hydrogens is 374 g/mol. The Morgan fingerprint density at radius 1 is 1.17 bits per heavy atom. The van der Waals surface area contributed by atoms with E-state index >= 15 is 0 Å². The van der Waals surface area contributed by atoms with Crippen molar-refractivity contribution < 1.29 is 29.0 Å². The number of aliphatic hydroxyl groups excluding tert-OH is 1. The van der Waals surface area contributed by atoms with E-state index in [1.165, 1.54) is 18.9 Å². The van der Waals surface area contributed by atoms with Crippen LogP contribution < -0.4 is 0 Å². The molecule has 166 valence electrons. The number of carbonyl (C=O) groups is 3. The largest absolute Gasteiger partial charge is 0.462 e. The van der Waals surface area contributed by atoms with Gasteiger partial charge in [0.05, 0.1) is 13.2 Å². The van der Waals surface area contributed by atoms with E-state index in [4.69, 9.17) is 9.84 Å². The summed E-state index contributed by atoms with van der Waals surface area (Å²) in [5, 5.41) is 8.10. The van der Waals surface area contributed by atoms with Gasteiger partial charge in [-0.2, -0.15) is 0 Å². The minimum absolute atomic E-state index is 0.0465. The normalized spacial score (nSPS) is 13.1. The Morgan fingerprint density at radius 2 is 1.79 bits per heavy atom. The van der Waals surface area contributed by atoms with E-state index in [2.05, 4.69) is 38.3 Å². The zero-order chi connectivity index (χ0) is 22.5. The number of hydrogen-bond donors (Lipinski definition) is 1. The fourth-order valence-electron chi connectivity index (χ4n) is 2.22. The molecule has 1 fully saturated rings. The third-order valence-corrected chi connectivity index (χ3v) is 4.00. The minimum Gasteiger partial charge on any atom is -0.462 e. The van der Waals surface area contributed by atoms with Gasteiger partial charge in [0.25, 0.3) is 0 Å². The van der Waals surface area contributed by atoms with Crippen molar-refractivity contribution in [1.82, 2.24) is 4.90 Å². The molecule has 1 saturated heterocycles. The molecule has 1 amide bonds. The van der Waals surface area contributed by atoms with Crippen LogP contribution in [0.2, 0.25) is 0 Å². The lowest BCUT2D eigenvalue weighted by Crippen LogP contribution is -2.16. The molecule has 0 aliphatic carbocycles. The van der Waals surface area contributed by atoms with Gasteiger partial charge in [-0.15, -0.1) is 0 Å². The van der Waals surface area contributed by atoms with Gasteiger partial charge in [0.2, 0.25) is 5.91 Å². The zero-order valence-electron chi connectivity index (χ0n) is 17.9. The summed E-state index contributed by atoms with van der Waals surface area (Å²) < 4.78 is 9.32. The molecule has 1 heterocycles. The molecule has 0 aromatic heterocycles. The average molecular weight is 412 g/mol. The highest BCUT2D eigenvalue weighted by atomic mass is 16.5. The first-order valence-corrected chi connectivity index (χ1v) is 10.0. The topological polar surface area (TPSA) is 93.1 Å². The maximum atomic E-state index is 10.8. The first-order chi connectivity index (χ1) is 13.9. The summed E-state index contributed by atoms with van der Waals surface area (Å²) in [5.41, 5.74) is 0. The third-order valence-electron chi connectivity index (χ3n) is 4.00. The van der Waals surface area contributed by atoms with Crippen LogP contribution in [0.4, 0.5) is 0 Å². The monoisotopic (exact) mass is 411 g/mol. The van der Waals surface area contributed by atoms with E-state index in [9.17, 15) is 14.4 Å². The van der Waals surface area contributed by atoms with Crippen LogP contribution in [0.5, 0.6) is 0 Å². The second-order valence-corrected chi connectivity index (χ2v) is 6.22. The van der Waals surface area contributed by atoms with E-state index in [1.807, 2.05) is 0 Å². The SMILES string of the molecule is C=CC(=O)OCC(CC)CCCC.C=CC(=O)OCCO.C=CN1CCCC1=O. The Bertz CT molecular complexity index is 504. The lowest BCUT2D eigenvalue weighted by molar-refractivity contribution is -0.139. The molecule has 1 unspecified atom stereocenters. The van der Waals surface area contributed by atoms with Gasteiger partial charge >= 0.3 is 11.9 Å². The predicted molar refractivity (Wildman–Crippen MR) is 114 cm³/mol. The summed E-state index contributed by atoms with van der Waals surface area (Å²) in [7, 11) is 0. The van der Waals surface area contributed by atoms with Crippen LogP contribution in [-0.4, -0.2) is 54.2 Å². The number of hydrogen-bond acceptors (Lipinski definition) is 6. The lowest BCUT2D eigenvalue weighted by atomic mass is 10.0. The van der Waals surface area contributed by atoms with Gasteiger partial charge < -0.3 is 19.5 Å². The number of carbonyl (C=O) groups excluding carboxylic acids is 3. The average Bonchev–Trinajstić information content (AvgIpc) is 3.17. The Morgan fingerprint density at radius 3 is 2.17 bits per heavy atom. The van der Waals surface area contributed by atoms with Gasteiger partial charge in [0, 0.05) is 25.1 Å². The number of likely N-dealkylation sites (tertiary alicyclic amines) is 1. The number of ether oxygens (including phenoxy) is 2. The van der Waals surface area contributed by atoms with Crippen molar-refractivity contribution >= 4 is 17.8 Å². The summed E-state index contributed by atoms with van der Waals surface area (Å²) >= 11 is 0. The molecule has 0 bridgehead atoms. The number of unbranched alkanes of at least 4 members (excludes halogenated alkanes) is 1. The van der Waals surface area contributed by atoms with Crippen LogP contribution in [0.15, 0.2) is 38.1 Å². The van der Waals surface area contributed by atoms with Gasteiger partial charge in [-0.25, -0.2) is 9.59 Å². The molecule has 1 atom stereocenters. The van der Waals surface area contributed by atoms with E-state index in [1.54, 1.807) is 11.1 Å². The van der Waals surface area contributed by atoms with Gasteiger partial charge in [-0.1, -0.05) is 52.8 Å². The molecule has 1 N–H and O–H groups in total. The maximum Gasteiger partial charge on any atom is 0.330 e. The number of nitrogens with zero attached hydrogens (tertiary/aromatic N) is 1. The van der Waals surface area contributed by atoms with Crippen molar-refractivity contribution in [2.24, 2.45) is 5.92 Å². The first-order valence-electron chi connectivity index (χ1n) is 10.0. The fraction of sp³-hybridized carbons (Fsp3) is 0.591. The Hall–Kier alpha value is -2.41. The van der Waals surface area contributed by atoms with E-state index < -0.39 is 5.97 Å². The maximum absolute atomic E-state index is 10.8. The standard InChI is InChI=1S/C11H20O2.C6H9NO.C5H8O3/c1-4-7-8-10(5-2)9-13-11(12)6-3;1-2-7-5-3-4-6(7)8;1-2-5(7)8-4-3-6/h6,10H,3-5,7-9H2,1-2H3;2H,1,3-5H2;2,6H,1,3-4H2. The van der Waals surface area contributed by atoms with Gasteiger partial charge in [-0.05, 0) is 25.0 Å². The molecule has 0 aromatic carbocycles. The molecule has 1 aliphatic rings. The number of rotatable bonds is 11. The van der Waals surface area contributed by atoms with Crippen molar-refractivity contribution in [3.8, 4) is 0 Å². The van der Waals surface area contributed by atoms with E-state index in [0.717, 1.165) is 31.9 Å². The molecule has 0 aromatic rings. The zero-order valence-corrected chi connectivity index (χ0v) is 17.9. The molecular formula is C22H37NO6. The van der Waals surface area contributed by atoms with Crippen LogP contribution >= 0.6 is 0 Å². The van der Waals surface area contributed by atoms with Crippen LogP contribution in [-0.2, 0) is 23.9 Å². The summed E-state index contributed by atoms with van der Waals surface area (Å²) in [5.74, 6) is -0.0853. The quantitative estimate of drug-likeness (QED) is 0.414. The molecule has 0 radical (unpaired) electrons. The van der Waals surface area contributed by atoms with Crippen LogP contribution in [0.25, 0.3) is 0 Å².